The van der Waals surface area contributed by atoms with Crippen LogP contribution in [0.3, 0.4) is 0 Å². The van der Waals surface area contributed by atoms with Gasteiger partial charge in [0.05, 0.1) is 14.7 Å². The third kappa shape index (κ3) is 2.98. The SMILES string of the molecule is Cc1cc(C)c(Oc2cc3c(c(O)c2I)C(=O)c2c(O)cccc2C3=O)c(C)c1. The molecule has 4 rings (SSSR count). The molecule has 0 saturated carbocycles. The summed E-state index contributed by atoms with van der Waals surface area (Å²) in [6.07, 6.45) is 0. The summed E-state index contributed by atoms with van der Waals surface area (Å²) in [7, 11) is 0. The summed E-state index contributed by atoms with van der Waals surface area (Å²) < 4.78 is 6.41. The molecule has 2 N–H and O–H groups in total. The quantitative estimate of drug-likeness (QED) is 0.370. The van der Waals surface area contributed by atoms with Gasteiger partial charge in [0.1, 0.15) is 23.0 Å². The van der Waals surface area contributed by atoms with Gasteiger partial charge in [0.25, 0.3) is 0 Å². The van der Waals surface area contributed by atoms with E-state index in [9.17, 15) is 19.8 Å². The Morgan fingerprint density at radius 2 is 1.52 bits per heavy atom. The Bertz CT molecular complexity index is 1200. The van der Waals surface area contributed by atoms with Crippen LogP contribution < -0.4 is 4.74 Å². The van der Waals surface area contributed by atoms with Crippen LogP contribution in [0, 0.1) is 24.3 Å². The van der Waals surface area contributed by atoms with Crippen LogP contribution in [0.4, 0.5) is 0 Å². The maximum Gasteiger partial charge on any atom is 0.202 e. The summed E-state index contributed by atoms with van der Waals surface area (Å²) in [5.41, 5.74) is 2.92. The van der Waals surface area contributed by atoms with Gasteiger partial charge >= 0.3 is 0 Å². The van der Waals surface area contributed by atoms with E-state index in [-0.39, 0.29) is 33.8 Å². The number of hydrogen-bond donors (Lipinski definition) is 2. The average molecular weight is 500 g/mol. The Labute approximate surface area is 181 Å². The van der Waals surface area contributed by atoms with Gasteiger partial charge in [0, 0.05) is 11.1 Å². The van der Waals surface area contributed by atoms with Gasteiger partial charge in [0.15, 0.2) is 5.78 Å². The second-order valence-corrected chi connectivity index (χ2v) is 8.23. The zero-order valence-corrected chi connectivity index (χ0v) is 18.1. The third-order valence-corrected chi connectivity index (χ3v) is 6.05. The lowest BCUT2D eigenvalue weighted by Gasteiger charge is -2.22. The Morgan fingerprint density at radius 3 is 2.17 bits per heavy atom. The zero-order chi connectivity index (χ0) is 21.0. The summed E-state index contributed by atoms with van der Waals surface area (Å²) in [6.45, 7) is 5.84. The van der Waals surface area contributed by atoms with E-state index in [4.69, 9.17) is 4.74 Å². The highest BCUT2D eigenvalue weighted by Gasteiger charge is 2.36. The lowest BCUT2D eigenvalue weighted by molar-refractivity contribution is 0.0974. The molecule has 0 radical (unpaired) electrons. The van der Waals surface area contributed by atoms with Crippen molar-refractivity contribution in [1.82, 2.24) is 0 Å². The minimum absolute atomic E-state index is 0.0587. The van der Waals surface area contributed by atoms with E-state index in [1.54, 1.807) is 0 Å². The number of aryl methyl sites for hydroxylation is 3. The molecule has 0 aliphatic heterocycles. The second kappa shape index (κ2) is 6.88. The molecule has 146 valence electrons. The molecule has 1 aliphatic rings. The van der Waals surface area contributed by atoms with Gasteiger partial charge in [-0.15, -0.1) is 0 Å². The van der Waals surface area contributed by atoms with Crippen LogP contribution in [0.2, 0.25) is 0 Å². The monoisotopic (exact) mass is 500 g/mol. The minimum atomic E-state index is -0.586. The minimum Gasteiger partial charge on any atom is -0.507 e. The van der Waals surface area contributed by atoms with Crippen molar-refractivity contribution >= 4 is 34.2 Å². The van der Waals surface area contributed by atoms with E-state index in [0.717, 1.165) is 16.7 Å². The van der Waals surface area contributed by atoms with Crippen LogP contribution in [-0.4, -0.2) is 21.8 Å². The van der Waals surface area contributed by atoms with Crippen LogP contribution in [0.25, 0.3) is 0 Å². The van der Waals surface area contributed by atoms with Gasteiger partial charge < -0.3 is 14.9 Å². The number of ketones is 2. The van der Waals surface area contributed by atoms with E-state index < -0.39 is 11.6 Å². The molecule has 0 aromatic heterocycles. The predicted octanol–water partition coefficient (Wildman–Crippen LogP) is 5.20. The number of benzene rings is 3. The fourth-order valence-corrected chi connectivity index (χ4v) is 4.32. The number of carbonyl (C=O) groups is 2. The fraction of sp³-hybridized carbons (Fsp3) is 0.130. The molecule has 0 spiro atoms. The molecule has 3 aromatic carbocycles. The van der Waals surface area contributed by atoms with Crippen LogP contribution in [-0.2, 0) is 0 Å². The Morgan fingerprint density at radius 1 is 0.862 bits per heavy atom. The number of halogens is 1. The molecular formula is C23H17IO5. The molecule has 0 atom stereocenters. The summed E-state index contributed by atoms with van der Waals surface area (Å²) in [5, 5.41) is 20.8. The van der Waals surface area contributed by atoms with Crippen molar-refractivity contribution in [3.63, 3.8) is 0 Å². The Balaban J connectivity index is 1.90. The molecule has 0 heterocycles. The molecule has 5 nitrogen and oxygen atoms in total. The topological polar surface area (TPSA) is 83.8 Å². The van der Waals surface area contributed by atoms with Gasteiger partial charge in [-0.3, -0.25) is 9.59 Å². The number of rotatable bonds is 2. The first kappa shape index (κ1) is 19.4. The van der Waals surface area contributed by atoms with Crippen molar-refractivity contribution in [1.29, 1.82) is 0 Å². The van der Waals surface area contributed by atoms with Crippen molar-refractivity contribution in [3.05, 3.63) is 78.9 Å². The van der Waals surface area contributed by atoms with E-state index in [1.165, 1.54) is 24.3 Å². The number of aromatic hydroxyl groups is 2. The molecule has 3 aromatic rings. The summed E-state index contributed by atoms with van der Waals surface area (Å²) in [6, 6.07) is 9.80. The molecule has 6 heteroatoms. The van der Waals surface area contributed by atoms with Crippen molar-refractivity contribution in [2.24, 2.45) is 0 Å². The molecule has 0 saturated heterocycles. The van der Waals surface area contributed by atoms with E-state index in [0.29, 0.717) is 15.1 Å². The summed E-state index contributed by atoms with van der Waals surface area (Å²) >= 11 is 1.89. The molecule has 1 aliphatic carbocycles. The number of hydrogen-bond acceptors (Lipinski definition) is 5. The predicted molar refractivity (Wildman–Crippen MR) is 117 cm³/mol. The molecular weight excluding hydrogens is 483 g/mol. The normalized spacial score (nSPS) is 12.6. The first-order valence-electron chi connectivity index (χ1n) is 8.93. The van der Waals surface area contributed by atoms with E-state index >= 15 is 0 Å². The first-order valence-corrected chi connectivity index (χ1v) is 10.0. The Hall–Kier alpha value is -2.87. The molecule has 29 heavy (non-hydrogen) atoms. The van der Waals surface area contributed by atoms with E-state index in [1.807, 2.05) is 55.5 Å². The zero-order valence-electron chi connectivity index (χ0n) is 16.0. The molecule has 0 unspecified atom stereocenters. The second-order valence-electron chi connectivity index (χ2n) is 7.15. The van der Waals surface area contributed by atoms with Gasteiger partial charge in [-0.1, -0.05) is 29.8 Å². The smallest absolute Gasteiger partial charge is 0.202 e. The highest BCUT2D eigenvalue weighted by molar-refractivity contribution is 14.1. The number of carbonyl (C=O) groups excluding carboxylic acids is 2. The van der Waals surface area contributed by atoms with Gasteiger partial charge in [-0.25, -0.2) is 0 Å². The highest BCUT2D eigenvalue weighted by Crippen LogP contribution is 2.44. The van der Waals surface area contributed by atoms with Gasteiger partial charge in [0.2, 0.25) is 5.78 Å². The van der Waals surface area contributed by atoms with Crippen molar-refractivity contribution < 1.29 is 24.5 Å². The average Bonchev–Trinajstić information content (AvgIpc) is 2.65. The lowest BCUT2D eigenvalue weighted by Crippen LogP contribution is -2.21. The lowest BCUT2D eigenvalue weighted by atomic mass is 9.83. The van der Waals surface area contributed by atoms with Crippen molar-refractivity contribution in [3.8, 4) is 23.0 Å². The Kier molecular flexibility index (Phi) is 4.61. The summed E-state index contributed by atoms with van der Waals surface area (Å²) in [4.78, 5) is 26.0. The largest absolute Gasteiger partial charge is 0.507 e. The van der Waals surface area contributed by atoms with Crippen LogP contribution in [0.5, 0.6) is 23.0 Å². The fourth-order valence-electron chi connectivity index (χ4n) is 3.78. The number of ether oxygens (including phenoxy) is 1. The van der Waals surface area contributed by atoms with Crippen molar-refractivity contribution in [2.75, 3.05) is 0 Å². The van der Waals surface area contributed by atoms with Crippen LogP contribution in [0.1, 0.15) is 48.5 Å². The third-order valence-electron chi connectivity index (χ3n) is 5.01. The maximum atomic E-state index is 13.0. The van der Waals surface area contributed by atoms with Gasteiger partial charge in [-0.2, -0.15) is 0 Å². The maximum absolute atomic E-state index is 13.0. The molecule has 0 bridgehead atoms. The standard InChI is InChI=1S/C23H17IO5/c1-10-7-11(2)23(12(3)8-10)29-16-9-14-18(22(28)19(16)24)21(27)17-13(20(14)26)5-4-6-15(17)25/h4-9,25,28H,1-3H3. The van der Waals surface area contributed by atoms with E-state index in [2.05, 4.69) is 0 Å². The number of phenols is 2. The number of phenolic OH excluding ortho intramolecular Hbond substituents is 2. The highest BCUT2D eigenvalue weighted by atomic mass is 127. The summed E-state index contributed by atoms with van der Waals surface area (Å²) in [5.74, 6) is -0.709. The molecule has 0 fully saturated rings. The van der Waals surface area contributed by atoms with Gasteiger partial charge in [-0.05, 0) is 66.6 Å². The molecule has 0 amide bonds. The van der Waals surface area contributed by atoms with Crippen molar-refractivity contribution in [2.45, 2.75) is 20.8 Å². The first-order chi connectivity index (χ1) is 13.7. The number of fused-ring (bicyclic) bond motifs is 2. The van der Waals surface area contributed by atoms with Crippen LogP contribution >= 0.6 is 22.6 Å². The van der Waals surface area contributed by atoms with Crippen LogP contribution in [0.15, 0.2) is 36.4 Å².